The fourth-order valence-corrected chi connectivity index (χ4v) is 4.08. The average Bonchev–Trinajstić information content (AvgIpc) is 3.03. The molecule has 30 heavy (non-hydrogen) atoms. The number of hydrogen-bond donors (Lipinski definition) is 1. The normalized spacial score (nSPS) is 12.3. The third-order valence-electron chi connectivity index (χ3n) is 6.28. The van der Waals surface area contributed by atoms with E-state index in [1.165, 1.54) is 39.8 Å². The second-order valence-corrected chi connectivity index (χ2v) is 8.22. The van der Waals surface area contributed by atoms with Crippen molar-refractivity contribution >= 4 is 16.6 Å². The summed E-state index contributed by atoms with van der Waals surface area (Å²) in [5, 5.41) is 1.20. The molecule has 0 radical (unpaired) electrons. The molecule has 2 aromatic carbocycles. The summed E-state index contributed by atoms with van der Waals surface area (Å²) < 4.78 is 13.5. The Morgan fingerprint density at radius 3 is 2.40 bits per heavy atom. The maximum atomic E-state index is 13.5. The van der Waals surface area contributed by atoms with E-state index in [9.17, 15) is 4.39 Å². The molecule has 0 aliphatic rings. The molecular weight excluding hydrogens is 373 g/mol. The molecule has 154 valence electrons. The molecule has 4 rings (SSSR count). The van der Waals surface area contributed by atoms with Crippen molar-refractivity contribution in [3.63, 3.8) is 0 Å². The molecule has 0 bridgehead atoms. The van der Waals surface area contributed by atoms with Crippen molar-refractivity contribution in [1.82, 2.24) is 9.97 Å². The van der Waals surface area contributed by atoms with Crippen LogP contribution < -0.4 is 4.90 Å². The number of aromatic nitrogens is 2. The summed E-state index contributed by atoms with van der Waals surface area (Å²) in [5.74, 6) is -0.228. The first kappa shape index (κ1) is 20.1. The molecule has 0 saturated heterocycles. The lowest BCUT2D eigenvalue weighted by atomic mass is 9.96. The smallest absolute Gasteiger partial charge is 0.123 e. The van der Waals surface area contributed by atoms with Gasteiger partial charge in [0.05, 0.1) is 17.3 Å². The lowest BCUT2D eigenvalue weighted by Gasteiger charge is -2.30. The van der Waals surface area contributed by atoms with E-state index in [4.69, 9.17) is 4.98 Å². The Kier molecular flexibility index (Phi) is 5.33. The van der Waals surface area contributed by atoms with Crippen LogP contribution in [-0.2, 0) is 6.42 Å². The first-order valence-corrected chi connectivity index (χ1v) is 10.3. The summed E-state index contributed by atoms with van der Waals surface area (Å²) in [7, 11) is 2.06. The van der Waals surface area contributed by atoms with Gasteiger partial charge in [-0.3, -0.25) is 4.98 Å². The Balaban J connectivity index is 1.84. The molecule has 2 aromatic heterocycles. The molecule has 2 heterocycles. The number of halogens is 1. The van der Waals surface area contributed by atoms with Crippen LogP contribution in [0.4, 0.5) is 10.1 Å². The van der Waals surface area contributed by atoms with E-state index in [1.807, 2.05) is 18.3 Å². The first-order valence-electron chi connectivity index (χ1n) is 10.3. The van der Waals surface area contributed by atoms with E-state index < -0.39 is 0 Å². The van der Waals surface area contributed by atoms with Gasteiger partial charge in [0.1, 0.15) is 5.82 Å². The van der Waals surface area contributed by atoms with Crippen LogP contribution in [0.3, 0.4) is 0 Å². The Morgan fingerprint density at radius 1 is 0.967 bits per heavy atom. The van der Waals surface area contributed by atoms with Crippen LogP contribution in [0.2, 0.25) is 0 Å². The van der Waals surface area contributed by atoms with E-state index >= 15 is 0 Å². The monoisotopic (exact) mass is 401 g/mol. The van der Waals surface area contributed by atoms with Crippen LogP contribution >= 0.6 is 0 Å². The Morgan fingerprint density at radius 2 is 1.70 bits per heavy atom. The number of hydrogen-bond acceptors (Lipinski definition) is 2. The van der Waals surface area contributed by atoms with Crippen molar-refractivity contribution in [2.75, 3.05) is 11.9 Å². The van der Waals surface area contributed by atoms with Crippen molar-refractivity contribution in [3.8, 4) is 0 Å². The molecule has 0 aliphatic heterocycles. The SMILES string of the molecule is Cc1ccc(CC(c2nccc3c(C)c(C)[nH]c23)N(C)c2ccc(F)cc2)cc1C. The molecule has 1 atom stereocenters. The quantitative estimate of drug-likeness (QED) is 0.422. The number of pyridine rings is 1. The van der Waals surface area contributed by atoms with Gasteiger partial charge in [0.25, 0.3) is 0 Å². The summed E-state index contributed by atoms with van der Waals surface area (Å²) >= 11 is 0. The summed E-state index contributed by atoms with van der Waals surface area (Å²) in [6.07, 6.45) is 2.70. The molecule has 0 spiro atoms. The highest BCUT2D eigenvalue weighted by Gasteiger charge is 2.24. The molecule has 0 saturated carbocycles. The second kappa shape index (κ2) is 7.94. The van der Waals surface area contributed by atoms with Gasteiger partial charge in [0, 0.05) is 30.0 Å². The predicted octanol–water partition coefficient (Wildman–Crippen LogP) is 6.36. The number of aryl methyl sites for hydroxylation is 4. The largest absolute Gasteiger partial charge is 0.366 e. The zero-order valence-corrected chi connectivity index (χ0v) is 18.3. The second-order valence-electron chi connectivity index (χ2n) is 8.22. The molecule has 0 aliphatic carbocycles. The number of fused-ring (bicyclic) bond motifs is 1. The van der Waals surface area contributed by atoms with Crippen molar-refractivity contribution < 1.29 is 4.39 Å². The number of nitrogens with zero attached hydrogens (tertiary/aromatic N) is 2. The Labute approximate surface area is 177 Å². The highest BCUT2D eigenvalue weighted by molar-refractivity contribution is 5.86. The summed E-state index contributed by atoms with van der Waals surface area (Å²) in [6, 6.07) is 15.4. The minimum Gasteiger partial charge on any atom is -0.366 e. The summed E-state index contributed by atoms with van der Waals surface area (Å²) in [5.41, 5.74) is 9.30. The number of anilines is 1. The van der Waals surface area contributed by atoms with Crippen molar-refractivity contribution in [1.29, 1.82) is 0 Å². The lowest BCUT2D eigenvalue weighted by molar-refractivity contribution is 0.624. The van der Waals surface area contributed by atoms with Crippen molar-refractivity contribution in [2.24, 2.45) is 0 Å². The zero-order chi connectivity index (χ0) is 21.4. The van der Waals surface area contributed by atoms with Gasteiger partial charge < -0.3 is 9.88 Å². The minimum absolute atomic E-state index is 0.00119. The van der Waals surface area contributed by atoms with Gasteiger partial charge in [-0.05, 0) is 86.7 Å². The van der Waals surface area contributed by atoms with Gasteiger partial charge in [-0.25, -0.2) is 4.39 Å². The summed E-state index contributed by atoms with van der Waals surface area (Å²) in [4.78, 5) is 10.6. The molecule has 1 unspecified atom stereocenters. The van der Waals surface area contributed by atoms with Gasteiger partial charge in [-0.1, -0.05) is 18.2 Å². The van der Waals surface area contributed by atoms with Gasteiger partial charge in [0.15, 0.2) is 0 Å². The molecule has 4 heteroatoms. The van der Waals surface area contributed by atoms with E-state index in [2.05, 4.69) is 68.9 Å². The van der Waals surface area contributed by atoms with E-state index in [0.717, 1.165) is 29.0 Å². The molecule has 0 fully saturated rings. The fraction of sp³-hybridized carbons (Fsp3) is 0.269. The third kappa shape index (κ3) is 3.70. The van der Waals surface area contributed by atoms with E-state index in [-0.39, 0.29) is 11.9 Å². The van der Waals surface area contributed by atoms with Crippen LogP contribution in [0.5, 0.6) is 0 Å². The van der Waals surface area contributed by atoms with E-state index in [1.54, 1.807) is 0 Å². The van der Waals surface area contributed by atoms with Gasteiger partial charge in [-0.15, -0.1) is 0 Å². The molecule has 1 N–H and O–H groups in total. The van der Waals surface area contributed by atoms with Crippen LogP contribution in [0.1, 0.15) is 39.7 Å². The number of rotatable bonds is 5. The highest BCUT2D eigenvalue weighted by atomic mass is 19.1. The lowest BCUT2D eigenvalue weighted by Crippen LogP contribution is -2.27. The zero-order valence-electron chi connectivity index (χ0n) is 18.3. The topological polar surface area (TPSA) is 31.9 Å². The maximum Gasteiger partial charge on any atom is 0.123 e. The third-order valence-corrected chi connectivity index (χ3v) is 6.28. The van der Waals surface area contributed by atoms with Crippen LogP contribution in [0, 0.1) is 33.5 Å². The van der Waals surface area contributed by atoms with Gasteiger partial charge in [0.2, 0.25) is 0 Å². The molecule has 3 nitrogen and oxygen atoms in total. The maximum absolute atomic E-state index is 13.5. The Hall–Kier alpha value is -3.14. The Bertz CT molecular complexity index is 1190. The number of benzene rings is 2. The average molecular weight is 402 g/mol. The predicted molar refractivity (Wildman–Crippen MR) is 123 cm³/mol. The van der Waals surface area contributed by atoms with Crippen LogP contribution in [-0.4, -0.2) is 17.0 Å². The number of nitrogens with one attached hydrogen (secondary N) is 1. The van der Waals surface area contributed by atoms with Crippen molar-refractivity contribution in [3.05, 3.63) is 94.2 Å². The first-order chi connectivity index (χ1) is 14.3. The molecule has 4 aromatic rings. The summed E-state index contributed by atoms with van der Waals surface area (Å²) in [6.45, 7) is 8.52. The van der Waals surface area contributed by atoms with E-state index in [0.29, 0.717) is 0 Å². The standard InChI is InChI=1S/C26H28FN3/c1-16-6-7-20(14-17(16)2)15-24(30(5)22-10-8-21(27)9-11-22)26-25-23(12-13-28-26)18(3)19(4)29-25/h6-14,24,29H,15H2,1-5H3. The number of H-pyrrole nitrogens is 1. The van der Waals surface area contributed by atoms with Gasteiger partial charge >= 0.3 is 0 Å². The van der Waals surface area contributed by atoms with Gasteiger partial charge in [-0.2, -0.15) is 0 Å². The fourth-order valence-electron chi connectivity index (χ4n) is 4.08. The number of likely N-dealkylation sites (N-methyl/N-ethyl adjacent to an activating group) is 1. The molecule has 0 amide bonds. The van der Waals surface area contributed by atoms with Crippen molar-refractivity contribution in [2.45, 2.75) is 40.2 Å². The molecular formula is C26H28FN3. The minimum atomic E-state index is -0.228. The number of aromatic amines is 1. The van der Waals surface area contributed by atoms with Crippen LogP contribution in [0.25, 0.3) is 10.9 Å². The van der Waals surface area contributed by atoms with Crippen LogP contribution in [0.15, 0.2) is 54.7 Å². The highest BCUT2D eigenvalue weighted by Crippen LogP contribution is 2.33.